The minimum atomic E-state index is -0.355. The number of nitrogens with one attached hydrogen (secondary N) is 2. The van der Waals surface area contributed by atoms with Crippen LogP contribution < -0.4 is 15.4 Å². The Morgan fingerprint density at radius 3 is 2.64 bits per heavy atom. The van der Waals surface area contributed by atoms with Gasteiger partial charge in [0.05, 0.1) is 19.7 Å². The summed E-state index contributed by atoms with van der Waals surface area (Å²) in [6.07, 6.45) is 2.04. The number of halogens is 2. The lowest BCUT2D eigenvalue weighted by Gasteiger charge is -2.35. The van der Waals surface area contributed by atoms with Gasteiger partial charge in [-0.2, -0.15) is 11.8 Å². The van der Waals surface area contributed by atoms with E-state index in [2.05, 4.69) is 17.6 Å². The molecule has 1 fully saturated rings. The third-order valence-corrected chi connectivity index (χ3v) is 6.19. The highest BCUT2D eigenvalue weighted by Gasteiger charge is 2.32. The molecule has 1 atom stereocenters. The quantitative estimate of drug-likeness (QED) is 0.300. The molecule has 0 amide bonds. The average molecular weight is 525 g/mol. The molecule has 2 N–H and O–H groups in total. The van der Waals surface area contributed by atoms with Crippen LogP contribution in [0.25, 0.3) is 0 Å². The van der Waals surface area contributed by atoms with Crippen molar-refractivity contribution in [1.82, 2.24) is 10.6 Å². The highest BCUT2D eigenvalue weighted by Crippen LogP contribution is 2.35. The van der Waals surface area contributed by atoms with Crippen LogP contribution >= 0.6 is 35.7 Å². The summed E-state index contributed by atoms with van der Waals surface area (Å²) in [5, 5.41) is 6.69. The molecule has 1 aromatic carbocycles. The van der Waals surface area contributed by atoms with Crippen LogP contribution in [-0.4, -0.2) is 49.9 Å². The largest absolute Gasteiger partial charge is 0.494 e. The van der Waals surface area contributed by atoms with Gasteiger partial charge in [-0.1, -0.05) is 13.0 Å². The summed E-state index contributed by atoms with van der Waals surface area (Å²) < 4.78 is 24.7. The Hall–Kier alpha value is -0.740. The molecule has 1 saturated heterocycles. The molecule has 1 unspecified atom stereocenters. The van der Waals surface area contributed by atoms with Crippen molar-refractivity contribution >= 4 is 41.7 Å². The molecule has 0 radical (unpaired) electrons. The zero-order valence-electron chi connectivity index (χ0n) is 17.2. The normalized spacial score (nSPS) is 17.4. The summed E-state index contributed by atoms with van der Waals surface area (Å²) in [7, 11) is 1.47. The Labute approximate surface area is 189 Å². The average Bonchev–Trinajstić information content (AvgIpc) is 2.67. The van der Waals surface area contributed by atoms with E-state index in [1.54, 1.807) is 6.07 Å². The molecule has 160 valence electrons. The first-order valence-corrected chi connectivity index (χ1v) is 10.6. The van der Waals surface area contributed by atoms with E-state index in [9.17, 15) is 4.39 Å². The topological polar surface area (TPSA) is 54.9 Å². The minimum absolute atomic E-state index is 0. The van der Waals surface area contributed by atoms with Gasteiger partial charge in [0.25, 0.3) is 0 Å². The molecule has 1 aromatic rings. The number of aliphatic imine (C=N–C) groups is 1. The molecule has 0 aliphatic carbocycles. The first kappa shape index (κ1) is 25.3. The van der Waals surface area contributed by atoms with Crippen molar-refractivity contribution in [2.45, 2.75) is 44.4 Å². The van der Waals surface area contributed by atoms with Gasteiger partial charge in [0.15, 0.2) is 17.5 Å². The van der Waals surface area contributed by atoms with Crippen LogP contribution in [0.2, 0.25) is 0 Å². The van der Waals surface area contributed by atoms with E-state index >= 15 is 0 Å². The maximum Gasteiger partial charge on any atom is 0.191 e. The van der Waals surface area contributed by atoms with Crippen LogP contribution in [0, 0.1) is 5.82 Å². The van der Waals surface area contributed by atoms with Crippen molar-refractivity contribution in [3.05, 3.63) is 29.6 Å². The van der Waals surface area contributed by atoms with Gasteiger partial charge in [-0.25, -0.2) is 4.39 Å². The summed E-state index contributed by atoms with van der Waals surface area (Å²) in [6.45, 7) is 9.34. The summed E-state index contributed by atoms with van der Waals surface area (Å²) in [5.41, 5.74) is 0.850. The molecule has 0 bridgehead atoms. The maximum atomic E-state index is 14.0. The van der Waals surface area contributed by atoms with E-state index in [0.29, 0.717) is 0 Å². The SMILES string of the molecule is CCNC(=NCC1(SCC)CCOCC1)NC(C)c1ccc(OC)c(F)c1.I. The van der Waals surface area contributed by atoms with Crippen LogP contribution in [0.15, 0.2) is 23.2 Å². The molecule has 28 heavy (non-hydrogen) atoms. The van der Waals surface area contributed by atoms with Gasteiger partial charge in [-0.3, -0.25) is 4.99 Å². The van der Waals surface area contributed by atoms with Crippen LogP contribution in [0.3, 0.4) is 0 Å². The molecular formula is C20H33FIN3O2S. The zero-order chi connectivity index (χ0) is 19.7. The van der Waals surface area contributed by atoms with Crippen molar-refractivity contribution in [2.24, 2.45) is 4.99 Å². The Kier molecular flexibility index (Phi) is 11.5. The molecule has 1 aliphatic rings. The minimum Gasteiger partial charge on any atom is -0.494 e. The molecule has 8 heteroatoms. The highest BCUT2D eigenvalue weighted by atomic mass is 127. The molecule has 0 saturated carbocycles. The van der Waals surface area contributed by atoms with Gasteiger partial charge in [0.1, 0.15) is 0 Å². The fourth-order valence-electron chi connectivity index (χ4n) is 3.18. The Balaban J connectivity index is 0.00000392. The number of guanidine groups is 1. The predicted molar refractivity (Wildman–Crippen MR) is 127 cm³/mol. The number of rotatable bonds is 8. The third kappa shape index (κ3) is 7.26. The van der Waals surface area contributed by atoms with Gasteiger partial charge in [-0.15, -0.1) is 24.0 Å². The fraction of sp³-hybridized carbons (Fsp3) is 0.650. The standard InChI is InChI=1S/C20H32FN3O2S.HI/c1-5-22-19(23-14-20(27-6-2)9-11-26-12-10-20)24-15(3)16-7-8-18(25-4)17(21)13-16;/h7-8,13,15H,5-6,9-12,14H2,1-4H3,(H2,22,23,24);1H. The highest BCUT2D eigenvalue weighted by molar-refractivity contribution is 14.0. The first-order valence-electron chi connectivity index (χ1n) is 9.63. The van der Waals surface area contributed by atoms with Crippen molar-refractivity contribution < 1.29 is 13.9 Å². The number of benzene rings is 1. The van der Waals surface area contributed by atoms with Gasteiger partial charge in [0, 0.05) is 24.5 Å². The predicted octanol–water partition coefficient (Wildman–Crippen LogP) is 4.37. The smallest absolute Gasteiger partial charge is 0.191 e. The molecule has 5 nitrogen and oxygen atoms in total. The Morgan fingerprint density at radius 1 is 1.36 bits per heavy atom. The van der Waals surface area contributed by atoms with Crippen LogP contribution in [0.4, 0.5) is 4.39 Å². The monoisotopic (exact) mass is 525 g/mol. The van der Waals surface area contributed by atoms with Crippen molar-refractivity contribution in [3.63, 3.8) is 0 Å². The van der Waals surface area contributed by atoms with E-state index in [1.165, 1.54) is 13.2 Å². The molecule has 1 heterocycles. The summed E-state index contributed by atoms with van der Waals surface area (Å²) in [6, 6.07) is 4.96. The van der Waals surface area contributed by atoms with Crippen LogP contribution in [-0.2, 0) is 4.74 Å². The van der Waals surface area contributed by atoms with E-state index in [4.69, 9.17) is 14.5 Å². The summed E-state index contributed by atoms with van der Waals surface area (Å²) in [4.78, 5) is 4.85. The number of hydrogen-bond acceptors (Lipinski definition) is 4. The third-order valence-electron chi connectivity index (χ3n) is 4.75. The second-order valence-electron chi connectivity index (χ2n) is 6.68. The number of hydrogen-bond donors (Lipinski definition) is 2. The zero-order valence-corrected chi connectivity index (χ0v) is 20.4. The number of ether oxygens (including phenoxy) is 2. The maximum absolute atomic E-state index is 14.0. The van der Waals surface area contributed by atoms with E-state index in [-0.39, 0.29) is 46.3 Å². The second kappa shape index (κ2) is 12.7. The molecule has 1 aliphatic heterocycles. The van der Waals surface area contributed by atoms with Crippen LogP contribution in [0.1, 0.15) is 45.2 Å². The van der Waals surface area contributed by atoms with E-state index in [1.807, 2.05) is 31.7 Å². The van der Waals surface area contributed by atoms with Crippen molar-refractivity contribution in [1.29, 1.82) is 0 Å². The second-order valence-corrected chi connectivity index (χ2v) is 8.42. The van der Waals surface area contributed by atoms with Crippen LogP contribution in [0.5, 0.6) is 5.75 Å². The van der Waals surface area contributed by atoms with E-state index < -0.39 is 0 Å². The number of nitrogens with zero attached hydrogens (tertiary/aromatic N) is 1. The summed E-state index contributed by atoms with van der Waals surface area (Å²) in [5.74, 6) is 1.72. The Morgan fingerprint density at radius 2 is 2.07 bits per heavy atom. The van der Waals surface area contributed by atoms with Gasteiger partial charge < -0.3 is 20.1 Å². The van der Waals surface area contributed by atoms with Crippen molar-refractivity contribution in [2.75, 3.05) is 39.2 Å². The first-order chi connectivity index (χ1) is 13.0. The van der Waals surface area contributed by atoms with Crippen molar-refractivity contribution in [3.8, 4) is 5.75 Å². The molecule has 0 aromatic heterocycles. The lowest BCUT2D eigenvalue weighted by molar-refractivity contribution is 0.0793. The van der Waals surface area contributed by atoms with Gasteiger partial charge in [0.2, 0.25) is 0 Å². The fourth-order valence-corrected chi connectivity index (χ4v) is 4.40. The Bertz CT molecular complexity index is 622. The number of thioether (sulfide) groups is 1. The lowest BCUT2D eigenvalue weighted by atomic mass is 9.99. The molecule has 2 rings (SSSR count). The molecule has 0 spiro atoms. The summed E-state index contributed by atoms with van der Waals surface area (Å²) >= 11 is 1.97. The molecular weight excluding hydrogens is 492 g/mol. The lowest BCUT2D eigenvalue weighted by Crippen LogP contribution is -2.42. The van der Waals surface area contributed by atoms with Gasteiger partial charge >= 0.3 is 0 Å². The van der Waals surface area contributed by atoms with E-state index in [0.717, 1.165) is 56.4 Å². The number of methoxy groups -OCH3 is 1. The van der Waals surface area contributed by atoms with Gasteiger partial charge in [-0.05, 0) is 50.1 Å².